The molecular weight excluding hydrogens is 210 g/mol. The summed E-state index contributed by atoms with van der Waals surface area (Å²) in [5.74, 6) is -0.345. The number of aliphatic carboxylic acids is 1. The van der Waals surface area contributed by atoms with Gasteiger partial charge in [-0.25, -0.2) is 0 Å². The summed E-state index contributed by atoms with van der Waals surface area (Å²) in [7, 11) is 0. The predicted octanol–water partition coefficient (Wildman–Crippen LogP) is -0.180. The van der Waals surface area contributed by atoms with E-state index in [1.165, 1.54) is 0 Å². The number of carboxylic acid groups (broad SMARTS) is 1. The highest BCUT2D eigenvalue weighted by molar-refractivity contribution is 5.69. The summed E-state index contributed by atoms with van der Waals surface area (Å²) < 4.78 is 0. The van der Waals surface area contributed by atoms with Crippen LogP contribution < -0.4 is 5.32 Å². The summed E-state index contributed by atoms with van der Waals surface area (Å²) in [6.45, 7) is 0.970. The van der Waals surface area contributed by atoms with E-state index in [0.29, 0.717) is 12.5 Å². The molecule has 5 nitrogen and oxygen atoms in total. The molecule has 0 heterocycles. The van der Waals surface area contributed by atoms with Gasteiger partial charge in [0.05, 0.1) is 18.6 Å². The molecule has 0 aromatic carbocycles. The van der Waals surface area contributed by atoms with Crippen LogP contribution in [0.25, 0.3) is 0 Å². The third kappa shape index (κ3) is 4.47. The molecule has 0 amide bonds. The molecule has 1 aliphatic rings. The van der Waals surface area contributed by atoms with E-state index in [-0.39, 0.29) is 12.5 Å². The number of rotatable bonds is 6. The highest BCUT2D eigenvalue weighted by Gasteiger charge is 2.25. The lowest BCUT2D eigenvalue weighted by Crippen LogP contribution is -2.34. The average molecular weight is 231 g/mol. The van der Waals surface area contributed by atoms with Crippen LogP contribution in [0.5, 0.6) is 0 Å². The van der Waals surface area contributed by atoms with Crippen LogP contribution in [0.4, 0.5) is 0 Å². The molecule has 0 aromatic heterocycles. The zero-order valence-electron chi connectivity index (χ0n) is 9.43. The molecule has 1 fully saturated rings. The fourth-order valence-corrected chi connectivity index (χ4v) is 2.13. The zero-order valence-corrected chi connectivity index (χ0v) is 9.43. The maximum atomic E-state index is 10.7. The van der Waals surface area contributed by atoms with Crippen molar-refractivity contribution >= 4 is 5.97 Å². The first-order valence-electron chi connectivity index (χ1n) is 5.86. The smallest absolute Gasteiger partial charge is 0.306 e. The monoisotopic (exact) mass is 231 g/mol. The van der Waals surface area contributed by atoms with Gasteiger partial charge < -0.3 is 20.6 Å². The second kappa shape index (κ2) is 6.83. The van der Waals surface area contributed by atoms with Crippen LogP contribution in [-0.4, -0.2) is 47.1 Å². The van der Waals surface area contributed by atoms with Crippen LogP contribution in [0.15, 0.2) is 0 Å². The lowest BCUT2D eigenvalue weighted by Gasteiger charge is -2.26. The molecule has 1 saturated carbocycles. The Hall–Kier alpha value is -0.650. The van der Waals surface area contributed by atoms with Crippen LogP contribution in [0, 0.1) is 11.8 Å². The molecule has 5 heteroatoms. The van der Waals surface area contributed by atoms with Gasteiger partial charge in [-0.3, -0.25) is 4.79 Å². The summed E-state index contributed by atoms with van der Waals surface area (Å²) in [5, 5.41) is 29.6. The van der Waals surface area contributed by atoms with Crippen LogP contribution in [0.2, 0.25) is 0 Å². The molecule has 1 aliphatic carbocycles. The Bertz CT molecular complexity index is 214. The Morgan fingerprint density at radius 3 is 2.44 bits per heavy atom. The maximum Gasteiger partial charge on any atom is 0.306 e. The first-order valence-corrected chi connectivity index (χ1v) is 5.86. The van der Waals surface area contributed by atoms with Crippen LogP contribution in [0.3, 0.4) is 0 Å². The molecule has 94 valence electrons. The van der Waals surface area contributed by atoms with Crippen LogP contribution in [0.1, 0.15) is 25.7 Å². The summed E-state index contributed by atoms with van der Waals surface area (Å²) in [6, 6.07) is 0. The van der Waals surface area contributed by atoms with Crippen molar-refractivity contribution in [3.63, 3.8) is 0 Å². The standard InChI is InChI=1S/C11H21NO4/c13-7-10(14)6-12-5-8-1-3-9(4-2-8)11(15)16/h8-10,12-14H,1-7H2,(H,15,16). The molecule has 0 saturated heterocycles. The molecule has 16 heavy (non-hydrogen) atoms. The minimum atomic E-state index is -0.699. The molecule has 0 bridgehead atoms. The lowest BCUT2D eigenvalue weighted by molar-refractivity contribution is -0.143. The van der Waals surface area contributed by atoms with Crippen molar-refractivity contribution in [1.29, 1.82) is 0 Å². The number of aliphatic hydroxyl groups is 2. The number of aliphatic hydroxyl groups excluding tert-OH is 2. The fourth-order valence-electron chi connectivity index (χ4n) is 2.13. The van der Waals surface area contributed by atoms with E-state index >= 15 is 0 Å². The predicted molar refractivity (Wildman–Crippen MR) is 59.0 cm³/mol. The van der Waals surface area contributed by atoms with Crippen LogP contribution >= 0.6 is 0 Å². The minimum absolute atomic E-state index is 0.167. The largest absolute Gasteiger partial charge is 0.481 e. The second-order valence-electron chi connectivity index (χ2n) is 4.55. The van der Waals surface area contributed by atoms with E-state index in [1.807, 2.05) is 0 Å². The molecular formula is C11H21NO4. The Labute approximate surface area is 95.5 Å². The zero-order chi connectivity index (χ0) is 12.0. The Morgan fingerprint density at radius 1 is 1.31 bits per heavy atom. The van der Waals surface area contributed by atoms with E-state index in [4.69, 9.17) is 15.3 Å². The lowest BCUT2D eigenvalue weighted by atomic mass is 9.82. The van der Waals surface area contributed by atoms with Gasteiger partial charge in [0.15, 0.2) is 0 Å². The molecule has 0 aromatic rings. The van der Waals surface area contributed by atoms with Gasteiger partial charge in [0.1, 0.15) is 0 Å². The molecule has 1 rings (SSSR count). The van der Waals surface area contributed by atoms with Gasteiger partial charge in [-0.2, -0.15) is 0 Å². The molecule has 0 aliphatic heterocycles. The molecule has 0 spiro atoms. The Kier molecular flexibility index (Phi) is 5.73. The maximum absolute atomic E-state index is 10.7. The van der Waals surface area contributed by atoms with Gasteiger partial charge in [0.2, 0.25) is 0 Å². The second-order valence-corrected chi connectivity index (χ2v) is 4.55. The third-order valence-corrected chi connectivity index (χ3v) is 3.22. The first-order chi connectivity index (χ1) is 7.63. The van der Waals surface area contributed by atoms with E-state index < -0.39 is 12.1 Å². The highest BCUT2D eigenvalue weighted by atomic mass is 16.4. The van der Waals surface area contributed by atoms with E-state index in [1.54, 1.807) is 0 Å². The van der Waals surface area contributed by atoms with E-state index in [9.17, 15) is 4.79 Å². The molecule has 0 radical (unpaired) electrons. The van der Waals surface area contributed by atoms with Crippen molar-refractivity contribution in [2.45, 2.75) is 31.8 Å². The topological polar surface area (TPSA) is 89.8 Å². The summed E-state index contributed by atoms with van der Waals surface area (Å²) in [5.41, 5.74) is 0. The van der Waals surface area contributed by atoms with Gasteiger partial charge in [0.25, 0.3) is 0 Å². The number of nitrogens with one attached hydrogen (secondary N) is 1. The number of carboxylic acids is 1. The first kappa shape index (κ1) is 13.4. The van der Waals surface area contributed by atoms with E-state index in [2.05, 4.69) is 5.32 Å². The highest BCUT2D eigenvalue weighted by Crippen LogP contribution is 2.28. The van der Waals surface area contributed by atoms with Crippen molar-refractivity contribution < 1.29 is 20.1 Å². The van der Waals surface area contributed by atoms with Gasteiger partial charge >= 0.3 is 5.97 Å². The SMILES string of the molecule is O=C(O)C1CCC(CNCC(O)CO)CC1. The summed E-state index contributed by atoms with van der Waals surface area (Å²) in [4.78, 5) is 10.7. The molecule has 1 atom stereocenters. The van der Waals surface area contributed by atoms with Gasteiger partial charge in [-0.15, -0.1) is 0 Å². The quantitative estimate of drug-likeness (QED) is 0.509. The number of hydrogen-bond donors (Lipinski definition) is 4. The number of hydrogen-bond acceptors (Lipinski definition) is 4. The molecule has 4 N–H and O–H groups in total. The van der Waals surface area contributed by atoms with Crippen LogP contribution in [-0.2, 0) is 4.79 Å². The minimum Gasteiger partial charge on any atom is -0.481 e. The average Bonchev–Trinajstić information content (AvgIpc) is 2.29. The van der Waals surface area contributed by atoms with E-state index in [0.717, 1.165) is 32.2 Å². The van der Waals surface area contributed by atoms with Gasteiger partial charge in [0, 0.05) is 6.54 Å². The van der Waals surface area contributed by atoms with Crippen molar-refractivity contribution in [3.8, 4) is 0 Å². The third-order valence-electron chi connectivity index (χ3n) is 3.22. The Morgan fingerprint density at radius 2 is 1.94 bits per heavy atom. The van der Waals surface area contributed by atoms with Crippen molar-refractivity contribution in [1.82, 2.24) is 5.32 Å². The van der Waals surface area contributed by atoms with Gasteiger partial charge in [-0.1, -0.05) is 0 Å². The number of carbonyl (C=O) groups is 1. The summed E-state index contributed by atoms with van der Waals surface area (Å²) >= 11 is 0. The normalized spacial score (nSPS) is 27.6. The van der Waals surface area contributed by atoms with Crippen molar-refractivity contribution in [3.05, 3.63) is 0 Å². The van der Waals surface area contributed by atoms with Crippen molar-refractivity contribution in [2.24, 2.45) is 11.8 Å². The van der Waals surface area contributed by atoms with Gasteiger partial charge in [-0.05, 0) is 38.1 Å². The Balaban J connectivity index is 2.10. The van der Waals surface area contributed by atoms with Crippen molar-refractivity contribution in [2.75, 3.05) is 19.7 Å². The fraction of sp³-hybridized carbons (Fsp3) is 0.909. The summed E-state index contributed by atoms with van der Waals surface area (Å²) in [6.07, 6.45) is 2.67. The molecule has 1 unspecified atom stereocenters.